The van der Waals surface area contributed by atoms with E-state index in [1.807, 2.05) is 13.0 Å². The lowest BCUT2D eigenvalue weighted by Gasteiger charge is -2.19. The molecule has 9 heteroatoms. The molecule has 1 saturated carbocycles. The van der Waals surface area contributed by atoms with Crippen molar-refractivity contribution in [3.8, 4) is 11.3 Å². The molecule has 1 aromatic heterocycles. The number of ether oxygens (including phenoxy) is 1. The minimum atomic E-state index is -0.640. The van der Waals surface area contributed by atoms with Crippen LogP contribution in [-0.2, 0) is 14.3 Å². The van der Waals surface area contributed by atoms with Gasteiger partial charge in [-0.3, -0.25) is 19.3 Å². The summed E-state index contributed by atoms with van der Waals surface area (Å²) < 4.78 is 7.11. The van der Waals surface area contributed by atoms with Crippen LogP contribution < -0.4 is 4.90 Å². The molecule has 2 heterocycles. The smallest absolute Gasteiger partial charge is 0.339 e. The summed E-state index contributed by atoms with van der Waals surface area (Å²) in [5, 5.41) is 0.596. The maximum Gasteiger partial charge on any atom is 0.339 e. The van der Waals surface area contributed by atoms with Crippen molar-refractivity contribution in [2.75, 3.05) is 11.5 Å². The molecule has 2 amide bonds. The van der Waals surface area contributed by atoms with Crippen molar-refractivity contribution in [3.63, 3.8) is 0 Å². The molecule has 4 aromatic rings. The van der Waals surface area contributed by atoms with Crippen molar-refractivity contribution in [3.05, 3.63) is 92.4 Å². The lowest BCUT2D eigenvalue weighted by Crippen LogP contribution is -2.30. The highest BCUT2D eigenvalue weighted by atomic mass is 79.9. The standard InChI is InChI=1S/C33H26Br2N2O5/c1-18-14-22(35)15-26-27(33(41)42-17-29(38)20-6-10-21(34)11-7-20)16-28(36-30(18)26)19-8-12-23(13-9-19)37-31(39)24-4-2-3-5-25(24)32(37)40/h6-16,24-25H,2-5,17H2,1H3. The van der Waals surface area contributed by atoms with Crippen LogP contribution in [0, 0.1) is 18.8 Å². The van der Waals surface area contributed by atoms with E-state index in [9.17, 15) is 19.2 Å². The van der Waals surface area contributed by atoms with E-state index in [4.69, 9.17) is 9.72 Å². The fourth-order valence-corrected chi connectivity index (χ4v) is 6.74. The highest BCUT2D eigenvalue weighted by molar-refractivity contribution is 9.10. The number of fused-ring (bicyclic) bond motifs is 2. The second-order valence-electron chi connectivity index (χ2n) is 10.7. The van der Waals surface area contributed by atoms with E-state index in [0.29, 0.717) is 33.4 Å². The third kappa shape index (κ3) is 5.31. The molecule has 0 bridgehead atoms. The van der Waals surface area contributed by atoms with Gasteiger partial charge in [0.15, 0.2) is 12.4 Å². The lowest BCUT2D eigenvalue weighted by molar-refractivity contribution is -0.122. The number of pyridine rings is 1. The second-order valence-corrected chi connectivity index (χ2v) is 12.6. The van der Waals surface area contributed by atoms with Crippen LogP contribution in [0.25, 0.3) is 22.2 Å². The summed E-state index contributed by atoms with van der Waals surface area (Å²) in [7, 11) is 0. The highest BCUT2D eigenvalue weighted by Gasteiger charge is 2.48. The van der Waals surface area contributed by atoms with Crippen molar-refractivity contribution >= 4 is 72.0 Å². The number of carbonyl (C=O) groups is 4. The van der Waals surface area contributed by atoms with Crippen LogP contribution in [0.4, 0.5) is 5.69 Å². The molecule has 6 rings (SSSR count). The van der Waals surface area contributed by atoms with Crippen molar-refractivity contribution in [2.24, 2.45) is 11.8 Å². The van der Waals surface area contributed by atoms with Crippen LogP contribution in [0.3, 0.4) is 0 Å². The molecule has 7 nitrogen and oxygen atoms in total. The first-order valence-electron chi connectivity index (χ1n) is 13.8. The number of hydrogen-bond donors (Lipinski definition) is 0. The van der Waals surface area contributed by atoms with Gasteiger partial charge in [0.25, 0.3) is 0 Å². The minimum absolute atomic E-state index is 0.120. The third-order valence-electron chi connectivity index (χ3n) is 8.05. The summed E-state index contributed by atoms with van der Waals surface area (Å²) in [6.07, 6.45) is 3.46. The first-order valence-corrected chi connectivity index (χ1v) is 15.3. The van der Waals surface area contributed by atoms with Gasteiger partial charge in [-0.05, 0) is 67.8 Å². The second kappa shape index (κ2) is 11.5. The Labute approximate surface area is 259 Å². The molecule has 2 aliphatic rings. The number of carbonyl (C=O) groups excluding carboxylic acids is 4. The van der Waals surface area contributed by atoms with Crippen LogP contribution >= 0.6 is 31.9 Å². The van der Waals surface area contributed by atoms with Gasteiger partial charge in [0.2, 0.25) is 11.8 Å². The van der Waals surface area contributed by atoms with Crippen LogP contribution in [0.2, 0.25) is 0 Å². The zero-order chi connectivity index (χ0) is 29.5. The van der Waals surface area contributed by atoms with Gasteiger partial charge in [0.1, 0.15) is 0 Å². The molecule has 0 spiro atoms. The van der Waals surface area contributed by atoms with Crippen molar-refractivity contribution in [2.45, 2.75) is 32.6 Å². The molecule has 42 heavy (non-hydrogen) atoms. The fourth-order valence-electron chi connectivity index (χ4n) is 5.90. The van der Waals surface area contributed by atoms with Gasteiger partial charge in [-0.25, -0.2) is 9.78 Å². The number of aryl methyl sites for hydroxylation is 1. The molecular weight excluding hydrogens is 664 g/mol. The largest absolute Gasteiger partial charge is 0.454 e. The van der Waals surface area contributed by atoms with E-state index >= 15 is 0 Å². The lowest BCUT2D eigenvalue weighted by atomic mass is 9.81. The Bertz CT molecular complexity index is 1730. The molecule has 1 saturated heterocycles. The number of halogens is 2. The normalized spacial score (nSPS) is 18.3. The zero-order valence-electron chi connectivity index (χ0n) is 22.7. The van der Waals surface area contributed by atoms with Crippen molar-refractivity contribution < 1.29 is 23.9 Å². The summed E-state index contributed by atoms with van der Waals surface area (Å²) in [5.74, 6) is -1.64. The highest BCUT2D eigenvalue weighted by Crippen LogP contribution is 2.40. The maximum absolute atomic E-state index is 13.4. The van der Waals surface area contributed by atoms with E-state index in [-0.39, 0.29) is 35.0 Å². The number of nitrogens with zero attached hydrogens (tertiary/aromatic N) is 2. The van der Waals surface area contributed by atoms with Crippen LogP contribution in [-0.4, -0.2) is 35.2 Å². The predicted molar refractivity (Wildman–Crippen MR) is 166 cm³/mol. The molecule has 1 aliphatic carbocycles. The monoisotopic (exact) mass is 688 g/mol. The maximum atomic E-state index is 13.4. The minimum Gasteiger partial charge on any atom is -0.454 e. The summed E-state index contributed by atoms with van der Waals surface area (Å²) in [6.45, 7) is 1.50. The Morgan fingerprint density at radius 3 is 2.17 bits per heavy atom. The van der Waals surface area contributed by atoms with Crippen molar-refractivity contribution in [1.82, 2.24) is 4.98 Å². The Kier molecular flexibility index (Phi) is 7.81. The summed E-state index contributed by atoms with van der Waals surface area (Å²) >= 11 is 6.85. The summed E-state index contributed by atoms with van der Waals surface area (Å²) in [6, 6.07) is 19.3. The zero-order valence-corrected chi connectivity index (χ0v) is 25.9. The number of benzene rings is 3. The molecule has 2 atom stereocenters. The Morgan fingerprint density at radius 1 is 0.881 bits per heavy atom. The predicted octanol–water partition coefficient (Wildman–Crippen LogP) is 7.45. The molecule has 0 radical (unpaired) electrons. The molecular formula is C33H26Br2N2O5. The number of imide groups is 1. The fraction of sp³-hybridized carbons (Fsp3) is 0.242. The molecule has 1 aliphatic heterocycles. The van der Waals surface area contributed by atoms with Gasteiger partial charge in [-0.1, -0.05) is 69.0 Å². The van der Waals surface area contributed by atoms with Gasteiger partial charge >= 0.3 is 5.97 Å². The summed E-state index contributed by atoms with van der Waals surface area (Å²) in [5.41, 5.74) is 3.97. The molecule has 0 N–H and O–H groups in total. The number of ketones is 1. The van der Waals surface area contributed by atoms with Crippen LogP contribution in [0.1, 0.15) is 52.0 Å². The van der Waals surface area contributed by atoms with Crippen LogP contribution in [0.15, 0.2) is 75.7 Å². The van der Waals surface area contributed by atoms with Gasteiger partial charge in [0, 0.05) is 25.5 Å². The Hall–Kier alpha value is -3.69. The summed E-state index contributed by atoms with van der Waals surface area (Å²) in [4.78, 5) is 58.3. The number of hydrogen-bond acceptors (Lipinski definition) is 6. The van der Waals surface area contributed by atoms with Crippen molar-refractivity contribution in [1.29, 1.82) is 0 Å². The number of rotatable bonds is 6. The van der Waals surface area contributed by atoms with E-state index < -0.39 is 12.6 Å². The van der Waals surface area contributed by atoms with E-state index in [1.54, 1.807) is 60.7 Å². The SMILES string of the molecule is Cc1cc(Br)cc2c(C(=O)OCC(=O)c3ccc(Br)cc3)cc(-c3ccc(N4C(=O)C5CCCCC5C4=O)cc3)nc12. The molecule has 2 unspecified atom stereocenters. The van der Waals surface area contributed by atoms with E-state index in [0.717, 1.165) is 40.2 Å². The quantitative estimate of drug-likeness (QED) is 0.119. The van der Waals surface area contributed by atoms with Gasteiger partial charge in [0.05, 0.1) is 34.3 Å². The Balaban J connectivity index is 1.31. The molecule has 2 fully saturated rings. The van der Waals surface area contributed by atoms with E-state index in [2.05, 4.69) is 31.9 Å². The van der Waals surface area contributed by atoms with E-state index in [1.165, 1.54) is 4.90 Å². The van der Waals surface area contributed by atoms with Crippen LogP contribution in [0.5, 0.6) is 0 Å². The van der Waals surface area contributed by atoms with Gasteiger partial charge in [-0.15, -0.1) is 0 Å². The first kappa shape index (κ1) is 28.4. The number of Topliss-reactive ketones (excluding diaryl/α,β-unsaturated/α-hetero) is 1. The number of esters is 1. The molecule has 212 valence electrons. The average molecular weight is 690 g/mol. The average Bonchev–Trinajstić information content (AvgIpc) is 3.25. The van der Waals surface area contributed by atoms with Gasteiger partial charge < -0.3 is 4.74 Å². The topological polar surface area (TPSA) is 93.6 Å². The Morgan fingerprint density at radius 2 is 1.52 bits per heavy atom. The number of anilines is 1. The molecule has 3 aromatic carbocycles. The number of amides is 2. The number of aromatic nitrogens is 1. The van der Waals surface area contributed by atoms with Gasteiger partial charge in [-0.2, -0.15) is 0 Å². The third-order valence-corrected chi connectivity index (χ3v) is 9.04. The first-order chi connectivity index (χ1) is 20.2.